The lowest BCUT2D eigenvalue weighted by Crippen LogP contribution is -2.41. The van der Waals surface area contributed by atoms with Gasteiger partial charge in [-0.3, -0.25) is 4.90 Å². The Kier molecular flexibility index (Phi) is 5.20. The zero-order chi connectivity index (χ0) is 15.7. The van der Waals surface area contributed by atoms with Crippen LogP contribution in [-0.2, 0) is 10.0 Å². The first-order valence-corrected chi connectivity index (χ1v) is 9.18. The van der Waals surface area contributed by atoms with Crippen LogP contribution in [0.5, 0.6) is 0 Å². The van der Waals surface area contributed by atoms with Gasteiger partial charge in [0.25, 0.3) is 0 Å². The van der Waals surface area contributed by atoms with Crippen LogP contribution in [0.2, 0.25) is 0 Å². The van der Waals surface area contributed by atoms with Gasteiger partial charge in [0, 0.05) is 12.6 Å². The van der Waals surface area contributed by atoms with E-state index in [4.69, 9.17) is 5.14 Å². The summed E-state index contributed by atoms with van der Waals surface area (Å²) in [6, 6.07) is -0.0691. The number of nitrogens with zero attached hydrogens (tertiary/aromatic N) is 1. The van der Waals surface area contributed by atoms with Gasteiger partial charge in [-0.05, 0) is 51.0 Å². The molecule has 0 amide bonds. The molecule has 21 heavy (non-hydrogen) atoms. The fourth-order valence-corrected chi connectivity index (χ4v) is 4.51. The number of sulfonamides is 1. The second-order valence-electron chi connectivity index (χ2n) is 6.38. The van der Waals surface area contributed by atoms with Crippen LogP contribution in [-0.4, -0.2) is 44.4 Å². The van der Waals surface area contributed by atoms with E-state index >= 15 is 0 Å². The molecule has 2 aliphatic rings. The molecule has 0 aromatic carbocycles. The van der Waals surface area contributed by atoms with E-state index in [0.717, 1.165) is 19.4 Å². The highest BCUT2D eigenvalue weighted by Gasteiger charge is 2.42. The van der Waals surface area contributed by atoms with E-state index in [1.807, 2.05) is 0 Å². The lowest BCUT2D eigenvalue weighted by Gasteiger charge is -2.34. The van der Waals surface area contributed by atoms with Crippen molar-refractivity contribution in [2.75, 3.05) is 18.8 Å². The molecule has 1 aliphatic carbocycles. The van der Waals surface area contributed by atoms with Crippen LogP contribution in [0, 0.1) is 11.8 Å². The minimum absolute atomic E-state index is 0.0507. The smallest absolute Gasteiger partial charge is 0.299 e. The third-order valence-electron chi connectivity index (χ3n) is 4.73. The molecule has 1 heterocycles. The van der Waals surface area contributed by atoms with Crippen molar-refractivity contribution in [3.63, 3.8) is 0 Å². The van der Waals surface area contributed by atoms with E-state index < -0.39 is 22.1 Å². The van der Waals surface area contributed by atoms with Crippen molar-refractivity contribution in [2.45, 2.75) is 50.7 Å². The molecule has 2 N–H and O–H groups in total. The summed E-state index contributed by atoms with van der Waals surface area (Å²) < 4.78 is 60.3. The summed E-state index contributed by atoms with van der Waals surface area (Å²) >= 11 is 0. The van der Waals surface area contributed by atoms with Crippen molar-refractivity contribution >= 4 is 10.0 Å². The maximum atomic E-state index is 12.6. The minimum Gasteiger partial charge on any atom is -0.299 e. The van der Waals surface area contributed by atoms with Crippen molar-refractivity contribution < 1.29 is 21.6 Å². The fourth-order valence-electron chi connectivity index (χ4n) is 3.60. The van der Waals surface area contributed by atoms with Crippen LogP contribution in [0.25, 0.3) is 0 Å². The summed E-state index contributed by atoms with van der Waals surface area (Å²) in [5.74, 6) is -0.970. The zero-order valence-corrected chi connectivity index (χ0v) is 12.8. The lowest BCUT2D eigenvalue weighted by molar-refractivity contribution is -0.184. The normalized spacial score (nSPS) is 32.5. The van der Waals surface area contributed by atoms with E-state index in [1.165, 1.54) is 0 Å². The molecule has 2 rings (SSSR count). The average molecular weight is 328 g/mol. The maximum absolute atomic E-state index is 12.6. The topological polar surface area (TPSA) is 63.4 Å². The summed E-state index contributed by atoms with van der Waals surface area (Å²) in [6.45, 7) is 1.52. The average Bonchev–Trinajstić information content (AvgIpc) is 2.74. The second kappa shape index (κ2) is 6.42. The maximum Gasteiger partial charge on any atom is 0.391 e. The number of rotatable bonds is 4. The molecular weight excluding hydrogens is 305 g/mol. The number of hydrogen-bond acceptors (Lipinski definition) is 3. The van der Waals surface area contributed by atoms with Crippen LogP contribution in [0.4, 0.5) is 13.2 Å². The Bertz CT molecular complexity index is 445. The van der Waals surface area contributed by atoms with Crippen LogP contribution >= 0.6 is 0 Å². The molecule has 1 saturated carbocycles. The predicted octanol–water partition coefficient (Wildman–Crippen LogP) is 2.11. The van der Waals surface area contributed by atoms with E-state index in [1.54, 1.807) is 0 Å². The SMILES string of the molecule is NS(=O)(=O)CC1CCCN1CC1CCC(C(F)(F)F)CC1. The molecule has 2 fully saturated rings. The molecule has 4 nitrogen and oxygen atoms in total. The quantitative estimate of drug-likeness (QED) is 0.860. The van der Waals surface area contributed by atoms with E-state index in [0.29, 0.717) is 19.4 Å². The lowest BCUT2D eigenvalue weighted by atomic mass is 9.81. The van der Waals surface area contributed by atoms with Gasteiger partial charge in [0.1, 0.15) is 0 Å². The Labute approximate surface area is 123 Å². The van der Waals surface area contributed by atoms with Crippen molar-refractivity contribution in [3.8, 4) is 0 Å². The molecule has 8 heteroatoms. The molecule has 1 saturated heterocycles. The Balaban J connectivity index is 1.83. The van der Waals surface area contributed by atoms with Gasteiger partial charge in [0.05, 0.1) is 11.7 Å². The third kappa shape index (κ3) is 5.10. The van der Waals surface area contributed by atoms with Gasteiger partial charge in [-0.25, -0.2) is 13.6 Å². The van der Waals surface area contributed by atoms with Gasteiger partial charge >= 0.3 is 6.18 Å². The van der Waals surface area contributed by atoms with Gasteiger partial charge in [0.15, 0.2) is 0 Å². The molecule has 0 bridgehead atoms. The highest BCUT2D eigenvalue weighted by molar-refractivity contribution is 7.89. The van der Waals surface area contributed by atoms with E-state index in [9.17, 15) is 21.6 Å². The summed E-state index contributed by atoms with van der Waals surface area (Å²) in [7, 11) is -3.50. The molecule has 1 atom stereocenters. The molecule has 0 spiro atoms. The largest absolute Gasteiger partial charge is 0.391 e. The number of alkyl halides is 3. The molecule has 124 valence electrons. The van der Waals surface area contributed by atoms with Gasteiger partial charge in [-0.1, -0.05) is 0 Å². The van der Waals surface area contributed by atoms with Crippen LogP contribution in [0.3, 0.4) is 0 Å². The van der Waals surface area contributed by atoms with Crippen molar-refractivity contribution in [1.29, 1.82) is 0 Å². The summed E-state index contributed by atoms with van der Waals surface area (Å²) in [5.41, 5.74) is 0. The number of primary sulfonamides is 1. The highest BCUT2D eigenvalue weighted by Crippen LogP contribution is 2.40. The van der Waals surface area contributed by atoms with Gasteiger partial charge < -0.3 is 0 Å². The highest BCUT2D eigenvalue weighted by atomic mass is 32.2. The van der Waals surface area contributed by atoms with Crippen molar-refractivity contribution in [2.24, 2.45) is 17.0 Å². The van der Waals surface area contributed by atoms with Gasteiger partial charge in [-0.15, -0.1) is 0 Å². The summed E-state index contributed by atoms with van der Waals surface area (Å²) in [5, 5.41) is 5.10. The summed E-state index contributed by atoms with van der Waals surface area (Å²) in [6.07, 6.45) is -0.809. The van der Waals surface area contributed by atoms with Crippen molar-refractivity contribution in [1.82, 2.24) is 4.90 Å². The minimum atomic E-state index is -4.07. The molecule has 0 aromatic heterocycles. The van der Waals surface area contributed by atoms with E-state index in [-0.39, 0.29) is 30.6 Å². The molecule has 0 radical (unpaired) electrons. The van der Waals surface area contributed by atoms with Crippen molar-refractivity contribution in [3.05, 3.63) is 0 Å². The standard InChI is InChI=1S/C13H23F3N2O2S/c14-13(15,16)11-5-3-10(4-6-11)8-18-7-1-2-12(18)9-21(17,19)20/h10-12H,1-9H2,(H2,17,19,20). The first-order chi connectivity index (χ1) is 9.65. The molecule has 0 aromatic rings. The number of likely N-dealkylation sites (tertiary alicyclic amines) is 1. The Morgan fingerprint density at radius 1 is 1.10 bits per heavy atom. The first-order valence-electron chi connectivity index (χ1n) is 7.46. The Morgan fingerprint density at radius 3 is 2.24 bits per heavy atom. The van der Waals surface area contributed by atoms with Crippen LogP contribution in [0.15, 0.2) is 0 Å². The van der Waals surface area contributed by atoms with Crippen LogP contribution < -0.4 is 5.14 Å². The predicted molar refractivity (Wildman–Crippen MR) is 74.1 cm³/mol. The molecule has 1 aliphatic heterocycles. The van der Waals surface area contributed by atoms with E-state index in [2.05, 4.69) is 4.90 Å². The first kappa shape index (κ1) is 17.0. The number of hydrogen-bond donors (Lipinski definition) is 1. The monoisotopic (exact) mass is 328 g/mol. The van der Waals surface area contributed by atoms with Gasteiger partial charge in [-0.2, -0.15) is 13.2 Å². The third-order valence-corrected chi connectivity index (χ3v) is 5.58. The second-order valence-corrected chi connectivity index (χ2v) is 8.04. The van der Waals surface area contributed by atoms with Crippen LogP contribution in [0.1, 0.15) is 38.5 Å². The molecule has 1 unspecified atom stereocenters. The van der Waals surface area contributed by atoms with Gasteiger partial charge in [0.2, 0.25) is 10.0 Å². The number of halogens is 3. The zero-order valence-electron chi connectivity index (χ0n) is 12.0. The fraction of sp³-hybridized carbons (Fsp3) is 1.00. The molecular formula is C13H23F3N2O2S. The Hall–Kier alpha value is -0.340. The summed E-state index contributed by atoms with van der Waals surface area (Å²) in [4.78, 5) is 2.10. The number of nitrogens with two attached hydrogens (primary N) is 1. The Morgan fingerprint density at radius 2 is 1.71 bits per heavy atom.